The number of para-hydroxylation sites is 1. The van der Waals surface area contributed by atoms with Crippen LogP contribution in [0.2, 0.25) is 0 Å². The molecule has 0 aliphatic carbocycles. The van der Waals surface area contributed by atoms with Gasteiger partial charge in [0.05, 0.1) is 13.3 Å². The minimum absolute atomic E-state index is 0.203. The number of methoxy groups -OCH3 is 1. The summed E-state index contributed by atoms with van der Waals surface area (Å²) in [6.07, 6.45) is 1.89. The molecule has 0 aliphatic rings. The van der Waals surface area contributed by atoms with E-state index >= 15 is 0 Å². The van der Waals surface area contributed by atoms with Gasteiger partial charge in [-0.3, -0.25) is 0 Å². The van der Waals surface area contributed by atoms with Crippen molar-refractivity contribution in [3.63, 3.8) is 0 Å². The lowest BCUT2D eigenvalue weighted by molar-refractivity contribution is 0.415. The molecule has 5 nitrogen and oxygen atoms in total. The average Bonchev–Trinajstić information content (AvgIpc) is 3.37. The number of aromatic nitrogens is 3. The Morgan fingerprint density at radius 3 is 2.52 bits per heavy atom. The van der Waals surface area contributed by atoms with Crippen molar-refractivity contribution in [2.75, 3.05) is 7.11 Å². The van der Waals surface area contributed by atoms with E-state index in [1.807, 2.05) is 53.3 Å². The maximum Gasteiger partial charge on any atom is 0.159 e. The fraction of sp³-hybridized carbons (Fsp3) is 0.167. The predicted molar refractivity (Wildman–Crippen MR) is 115 cm³/mol. The third-order valence-electron chi connectivity index (χ3n) is 5.13. The molecule has 29 heavy (non-hydrogen) atoms. The summed E-state index contributed by atoms with van der Waals surface area (Å²) in [7, 11) is 1.67. The number of rotatable bonds is 4. The first kappa shape index (κ1) is 17.5. The Hall–Kier alpha value is -3.60. The van der Waals surface area contributed by atoms with Crippen LogP contribution >= 0.6 is 0 Å². The van der Waals surface area contributed by atoms with Crippen molar-refractivity contribution in [3.05, 3.63) is 66.9 Å². The van der Waals surface area contributed by atoms with Crippen molar-refractivity contribution in [3.8, 4) is 28.3 Å². The van der Waals surface area contributed by atoms with E-state index in [4.69, 9.17) is 14.1 Å². The summed E-state index contributed by atoms with van der Waals surface area (Å²) in [4.78, 5) is 4.92. The minimum Gasteiger partial charge on any atom is -0.497 e. The molecule has 5 rings (SSSR count). The summed E-state index contributed by atoms with van der Waals surface area (Å²) in [5.41, 5.74) is 4.65. The van der Waals surface area contributed by atoms with E-state index in [2.05, 4.69) is 37.1 Å². The molecule has 3 heterocycles. The molecule has 5 aromatic rings. The topological polar surface area (TPSA) is 53.1 Å². The smallest absolute Gasteiger partial charge is 0.159 e. The second-order valence-corrected chi connectivity index (χ2v) is 7.35. The van der Waals surface area contributed by atoms with Gasteiger partial charge in [0, 0.05) is 16.8 Å². The van der Waals surface area contributed by atoms with Crippen LogP contribution in [0, 0.1) is 0 Å². The van der Waals surface area contributed by atoms with E-state index in [0.29, 0.717) is 0 Å². The summed E-state index contributed by atoms with van der Waals surface area (Å²) < 4.78 is 13.4. The molecule has 0 saturated carbocycles. The highest BCUT2D eigenvalue weighted by atomic mass is 16.5. The second-order valence-electron chi connectivity index (χ2n) is 7.35. The lowest BCUT2D eigenvalue weighted by atomic mass is 10.0. The van der Waals surface area contributed by atoms with Crippen LogP contribution in [0.4, 0.5) is 0 Å². The first-order chi connectivity index (χ1) is 14.1. The van der Waals surface area contributed by atoms with Gasteiger partial charge in [0.1, 0.15) is 17.0 Å². The van der Waals surface area contributed by atoms with Crippen molar-refractivity contribution >= 4 is 22.0 Å². The normalized spacial score (nSPS) is 11.6. The Balaban J connectivity index is 1.76. The highest BCUT2D eigenvalue weighted by molar-refractivity contribution is 5.95. The molecule has 0 unspecified atom stereocenters. The molecule has 0 fully saturated rings. The summed E-state index contributed by atoms with van der Waals surface area (Å²) in [5.74, 6) is 1.58. The predicted octanol–water partition coefficient (Wildman–Crippen LogP) is 6.10. The monoisotopic (exact) mass is 383 g/mol. The van der Waals surface area contributed by atoms with Gasteiger partial charge >= 0.3 is 0 Å². The van der Waals surface area contributed by atoms with Crippen molar-refractivity contribution in [1.29, 1.82) is 0 Å². The standard InChI is InChI=1S/C24H21N3O2/c1-15(2)27-24-20(14-25-27)19(16-8-10-18(28-3)11-9-16)13-21(26-24)23-12-17-6-4-5-7-22(17)29-23/h4-15H,1-3H3. The SMILES string of the molecule is COc1ccc(-c2cc(-c3cc4ccccc4o3)nc3c2cnn3C(C)C)cc1. The van der Waals surface area contributed by atoms with Gasteiger partial charge in [0.2, 0.25) is 0 Å². The molecule has 0 bridgehead atoms. The van der Waals surface area contributed by atoms with Gasteiger partial charge in [-0.05, 0) is 55.3 Å². The molecular formula is C24H21N3O2. The largest absolute Gasteiger partial charge is 0.497 e. The number of ether oxygens (including phenoxy) is 1. The van der Waals surface area contributed by atoms with Crippen LogP contribution in [0.1, 0.15) is 19.9 Å². The van der Waals surface area contributed by atoms with Gasteiger partial charge in [-0.15, -0.1) is 0 Å². The van der Waals surface area contributed by atoms with Crippen LogP contribution in [0.25, 0.3) is 44.6 Å². The number of hydrogen-bond donors (Lipinski definition) is 0. The molecule has 5 heteroatoms. The molecule has 0 aliphatic heterocycles. The lowest BCUT2D eigenvalue weighted by Gasteiger charge is -2.10. The number of hydrogen-bond acceptors (Lipinski definition) is 4. The van der Waals surface area contributed by atoms with Crippen LogP contribution < -0.4 is 4.74 Å². The Kier molecular flexibility index (Phi) is 4.09. The van der Waals surface area contributed by atoms with E-state index in [1.165, 1.54) is 0 Å². The van der Waals surface area contributed by atoms with Gasteiger partial charge < -0.3 is 9.15 Å². The average molecular weight is 383 g/mol. The molecule has 0 atom stereocenters. The van der Waals surface area contributed by atoms with Crippen LogP contribution in [0.3, 0.4) is 0 Å². The maximum absolute atomic E-state index is 6.10. The molecular weight excluding hydrogens is 362 g/mol. The van der Waals surface area contributed by atoms with E-state index in [0.717, 1.165) is 50.3 Å². The molecule has 2 aromatic carbocycles. The van der Waals surface area contributed by atoms with Crippen molar-refractivity contribution in [1.82, 2.24) is 14.8 Å². The van der Waals surface area contributed by atoms with E-state index in [9.17, 15) is 0 Å². The zero-order valence-electron chi connectivity index (χ0n) is 16.6. The second kappa shape index (κ2) is 6.78. The van der Waals surface area contributed by atoms with Gasteiger partial charge in [-0.2, -0.15) is 5.10 Å². The Morgan fingerprint density at radius 2 is 1.79 bits per heavy atom. The van der Waals surface area contributed by atoms with Crippen LogP contribution in [0.5, 0.6) is 5.75 Å². The summed E-state index contributed by atoms with van der Waals surface area (Å²) in [6, 6.07) is 20.4. The van der Waals surface area contributed by atoms with Gasteiger partial charge in [-0.1, -0.05) is 30.3 Å². The van der Waals surface area contributed by atoms with E-state index in [1.54, 1.807) is 7.11 Å². The van der Waals surface area contributed by atoms with Crippen molar-refractivity contribution in [2.24, 2.45) is 0 Å². The molecule has 3 aromatic heterocycles. The van der Waals surface area contributed by atoms with E-state index in [-0.39, 0.29) is 6.04 Å². The number of benzene rings is 2. The lowest BCUT2D eigenvalue weighted by Crippen LogP contribution is -2.03. The molecule has 144 valence electrons. The van der Waals surface area contributed by atoms with Crippen LogP contribution in [0.15, 0.2) is 71.3 Å². The Labute approximate surface area is 168 Å². The molecule has 0 spiro atoms. The van der Waals surface area contributed by atoms with Crippen molar-refractivity contribution < 1.29 is 9.15 Å². The van der Waals surface area contributed by atoms with Crippen molar-refractivity contribution in [2.45, 2.75) is 19.9 Å². The third kappa shape index (κ3) is 2.95. The first-order valence-electron chi connectivity index (χ1n) is 9.65. The first-order valence-corrected chi connectivity index (χ1v) is 9.65. The maximum atomic E-state index is 6.10. The van der Waals surface area contributed by atoms with E-state index < -0.39 is 0 Å². The summed E-state index contributed by atoms with van der Waals surface area (Å²) in [5, 5.41) is 6.67. The van der Waals surface area contributed by atoms with Crippen LogP contribution in [-0.2, 0) is 0 Å². The zero-order chi connectivity index (χ0) is 20.0. The Bertz CT molecular complexity index is 1280. The Morgan fingerprint density at radius 1 is 1.00 bits per heavy atom. The summed E-state index contributed by atoms with van der Waals surface area (Å²) in [6.45, 7) is 4.21. The minimum atomic E-state index is 0.203. The number of fused-ring (bicyclic) bond motifs is 2. The number of nitrogens with zero attached hydrogens (tertiary/aromatic N) is 3. The molecule has 0 amide bonds. The third-order valence-corrected chi connectivity index (χ3v) is 5.13. The fourth-order valence-corrected chi connectivity index (χ4v) is 3.64. The van der Waals surface area contributed by atoms with Crippen LogP contribution in [-0.4, -0.2) is 21.9 Å². The molecule has 0 saturated heterocycles. The van der Waals surface area contributed by atoms with Gasteiger partial charge in [0.15, 0.2) is 11.4 Å². The van der Waals surface area contributed by atoms with Gasteiger partial charge in [-0.25, -0.2) is 9.67 Å². The quantitative estimate of drug-likeness (QED) is 0.376. The number of pyridine rings is 1. The summed E-state index contributed by atoms with van der Waals surface area (Å²) >= 11 is 0. The fourth-order valence-electron chi connectivity index (χ4n) is 3.64. The molecule has 0 radical (unpaired) electrons. The van der Waals surface area contributed by atoms with Gasteiger partial charge in [0.25, 0.3) is 0 Å². The highest BCUT2D eigenvalue weighted by Gasteiger charge is 2.17. The highest BCUT2D eigenvalue weighted by Crippen LogP contribution is 2.35. The number of furan rings is 1. The molecule has 0 N–H and O–H groups in total. The zero-order valence-corrected chi connectivity index (χ0v) is 16.6.